The number of H-pyrrole nitrogens is 1. The van der Waals surface area contributed by atoms with Gasteiger partial charge in [0, 0.05) is 68.0 Å². The number of rotatable bonds is 15. The number of aromatic nitrogens is 8. The second-order valence-electron chi connectivity index (χ2n) is 20.4. The summed E-state index contributed by atoms with van der Waals surface area (Å²) in [5.41, 5.74) is 6.70. The summed E-state index contributed by atoms with van der Waals surface area (Å²) in [6.07, 6.45) is 4.59. The van der Waals surface area contributed by atoms with Gasteiger partial charge in [0.05, 0.1) is 76.2 Å². The number of ether oxygens (including phenoxy) is 1. The van der Waals surface area contributed by atoms with Gasteiger partial charge in [-0.3, -0.25) is 4.79 Å². The van der Waals surface area contributed by atoms with E-state index in [1.807, 2.05) is 24.1 Å². The lowest BCUT2D eigenvalue weighted by Gasteiger charge is -2.43. The van der Waals surface area contributed by atoms with Gasteiger partial charge >= 0.3 is 6.01 Å². The van der Waals surface area contributed by atoms with E-state index >= 15 is 0 Å². The van der Waals surface area contributed by atoms with Crippen LogP contribution in [0.2, 0.25) is 5.02 Å². The summed E-state index contributed by atoms with van der Waals surface area (Å²) in [5, 5.41) is 28.5. The zero-order valence-electron chi connectivity index (χ0n) is 42.2. The smallest absolute Gasteiger partial charge is 0.318 e. The Kier molecular flexibility index (Phi) is 13.9. The lowest BCUT2D eigenvalue weighted by Crippen LogP contribution is -2.56. The summed E-state index contributed by atoms with van der Waals surface area (Å²) in [6.45, 7) is 16.4. The molecule has 2 saturated heterocycles. The molecule has 2 fully saturated rings. The molecule has 0 radical (unpaired) electrons. The van der Waals surface area contributed by atoms with Crippen molar-refractivity contribution in [1.29, 1.82) is 5.26 Å². The molecule has 73 heavy (non-hydrogen) atoms. The zero-order chi connectivity index (χ0) is 51.3. The van der Waals surface area contributed by atoms with Crippen molar-refractivity contribution in [3.63, 3.8) is 0 Å². The highest BCUT2D eigenvalue weighted by molar-refractivity contribution is 9.10. The van der Waals surface area contributed by atoms with Crippen LogP contribution in [0.1, 0.15) is 61.3 Å². The summed E-state index contributed by atoms with van der Waals surface area (Å²) in [7, 11) is 3.95. The minimum atomic E-state index is -1.04. The Labute approximate surface area is 438 Å². The molecule has 0 aliphatic carbocycles. The third-order valence-corrected chi connectivity index (χ3v) is 15.2. The van der Waals surface area contributed by atoms with Gasteiger partial charge in [-0.25, -0.2) is 4.98 Å². The molecule has 3 aromatic carbocycles. The van der Waals surface area contributed by atoms with Gasteiger partial charge in [0.1, 0.15) is 18.2 Å². The highest BCUT2D eigenvalue weighted by atomic mass is 79.9. The fourth-order valence-corrected chi connectivity index (χ4v) is 11.2. The number of piperazine rings is 1. The van der Waals surface area contributed by atoms with E-state index in [9.17, 15) is 15.2 Å². The molecule has 2 atom stereocenters. The number of likely N-dealkylation sites (N-methyl/N-ethyl adjacent to an activating group) is 2. The number of nitrogens with one attached hydrogen (secondary N) is 1. The fourth-order valence-electron chi connectivity index (χ4n) is 10.5. The summed E-state index contributed by atoms with van der Waals surface area (Å²) in [6, 6.07) is 18.9. The molecule has 10 rings (SSSR count). The molecule has 20 heteroatoms. The molecule has 3 aliphatic heterocycles. The minimum absolute atomic E-state index is 0.0420. The number of halogens is 2. The van der Waals surface area contributed by atoms with Crippen molar-refractivity contribution in [1.82, 2.24) is 49.3 Å². The number of hydrogen-bond donors (Lipinski definition) is 2. The van der Waals surface area contributed by atoms with Crippen molar-refractivity contribution in [2.24, 2.45) is 0 Å². The van der Waals surface area contributed by atoms with Crippen LogP contribution in [-0.4, -0.2) is 145 Å². The van der Waals surface area contributed by atoms with E-state index in [0.29, 0.717) is 83.7 Å². The molecule has 380 valence electrons. The second kappa shape index (κ2) is 20.4. The standard InChI is InChI=1S/C53H61BrClN15O3/c1-32-23-41-42(24-33(32)2)59-45(58-41)29-68(52-63-50(65(7)31-53(4,5)72)61-48-39(54)25-57-70(48)52)26-34(3)49(71)69-22-21-67(27-36(69)16-18-56)47-38-17-20-66(44-15-9-12-35-11-8-14-40(55)46(35)44)28-43(38)60-51(62-47)73-30-37-13-10-19-64(37)6/h8-9,11-12,14-15,23-25,36-37,72H,3,10,13,16-17,19-22,26-31H2,1-2,4-7H3,(H,58,59)/t36-,37-/m0/s1. The zero-order valence-corrected chi connectivity index (χ0v) is 44.6. The maximum atomic E-state index is 15.0. The van der Waals surface area contributed by atoms with Gasteiger partial charge < -0.3 is 44.2 Å². The number of aromatic amines is 1. The first kappa shape index (κ1) is 50.0. The Morgan fingerprint density at radius 2 is 1.84 bits per heavy atom. The number of fused-ring (bicyclic) bond motifs is 4. The molecule has 4 aromatic heterocycles. The summed E-state index contributed by atoms with van der Waals surface area (Å²) in [4.78, 5) is 55.8. The Balaban J connectivity index is 0.945. The van der Waals surface area contributed by atoms with Gasteiger partial charge in [-0.1, -0.05) is 42.4 Å². The summed E-state index contributed by atoms with van der Waals surface area (Å²) < 4.78 is 8.74. The number of carbonyl (C=O) groups is 1. The first-order valence-corrected chi connectivity index (χ1v) is 26.0. The molecule has 0 bridgehead atoms. The molecule has 7 heterocycles. The number of nitrogens with zero attached hydrogens (tertiary/aromatic N) is 14. The quantitative estimate of drug-likeness (QED) is 0.0966. The highest BCUT2D eigenvalue weighted by Crippen LogP contribution is 2.38. The van der Waals surface area contributed by atoms with E-state index in [1.165, 1.54) is 0 Å². The number of imidazole rings is 1. The number of likely N-dealkylation sites (tertiary alicyclic amines) is 1. The van der Waals surface area contributed by atoms with Gasteiger partial charge in [-0.05, 0) is 117 Å². The van der Waals surface area contributed by atoms with Crippen LogP contribution in [0.4, 0.5) is 23.4 Å². The number of aryl methyl sites for hydroxylation is 2. The number of hydrogen-bond acceptors (Lipinski definition) is 15. The molecular weight excluding hydrogens is 1010 g/mol. The predicted molar refractivity (Wildman–Crippen MR) is 289 cm³/mol. The number of anilines is 4. The first-order valence-electron chi connectivity index (χ1n) is 24.8. The first-order chi connectivity index (χ1) is 35.0. The number of aliphatic hydroxyl groups is 1. The van der Waals surface area contributed by atoms with E-state index in [4.69, 9.17) is 41.3 Å². The molecule has 3 aliphatic rings. The predicted octanol–water partition coefficient (Wildman–Crippen LogP) is 7.41. The molecule has 0 spiro atoms. The summed E-state index contributed by atoms with van der Waals surface area (Å²) in [5.74, 6) is 1.89. The number of benzene rings is 3. The monoisotopic (exact) mass is 1070 g/mol. The number of amides is 1. The van der Waals surface area contributed by atoms with Crippen LogP contribution in [0.25, 0.3) is 27.5 Å². The van der Waals surface area contributed by atoms with Gasteiger partial charge in [0.15, 0.2) is 5.65 Å². The van der Waals surface area contributed by atoms with Crippen molar-refractivity contribution in [2.75, 3.05) is 86.1 Å². The van der Waals surface area contributed by atoms with Crippen molar-refractivity contribution >= 4 is 84.3 Å². The molecule has 1 amide bonds. The van der Waals surface area contributed by atoms with Crippen LogP contribution in [-0.2, 0) is 24.3 Å². The molecule has 0 saturated carbocycles. The van der Waals surface area contributed by atoms with E-state index < -0.39 is 11.6 Å². The number of nitriles is 1. The Hall–Kier alpha value is -6.59. The van der Waals surface area contributed by atoms with Crippen LogP contribution in [0.5, 0.6) is 6.01 Å². The van der Waals surface area contributed by atoms with E-state index in [2.05, 4.69) is 111 Å². The maximum Gasteiger partial charge on any atom is 0.318 e. The third kappa shape index (κ3) is 10.3. The third-order valence-electron chi connectivity index (χ3n) is 14.4. The Bertz CT molecular complexity index is 3250. The van der Waals surface area contributed by atoms with Crippen molar-refractivity contribution < 1.29 is 14.6 Å². The Morgan fingerprint density at radius 3 is 2.60 bits per heavy atom. The van der Waals surface area contributed by atoms with Crippen molar-refractivity contribution in [3.05, 3.63) is 105 Å². The average Bonchev–Trinajstić information content (AvgIpc) is 4.08. The van der Waals surface area contributed by atoms with E-state index in [0.717, 1.165) is 81.6 Å². The van der Waals surface area contributed by atoms with E-state index in [-0.39, 0.29) is 38.0 Å². The lowest BCUT2D eigenvalue weighted by molar-refractivity contribution is -0.129. The SMILES string of the molecule is C=C(CN(Cc1nc2cc(C)c(C)cc2[nH]1)c1nc(N(C)CC(C)(C)O)nc2c(Br)cnn12)C(=O)N1CCN(c2nc(OC[C@@H]3CCCN3C)nc3c2CCN(c2cccc4cccc(Cl)c24)C3)C[C@@H]1CC#N. The molecule has 7 aromatic rings. The second-order valence-corrected chi connectivity index (χ2v) is 21.7. The fraction of sp³-hybridized carbons (Fsp3) is 0.434. The van der Waals surface area contributed by atoms with Gasteiger partial charge in [0.2, 0.25) is 11.9 Å². The van der Waals surface area contributed by atoms with Crippen LogP contribution in [0, 0.1) is 25.2 Å². The normalized spacial score (nSPS) is 17.4. The van der Waals surface area contributed by atoms with Crippen LogP contribution in [0.15, 0.2) is 71.4 Å². The van der Waals surface area contributed by atoms with Gasteiger partial charge in [0.25, 0.3) is 5.91 Å². The van der Waals surface area contributed by atoms with Crippen LogP contribution < -0.4 is 24.3 Å². The van der Waals surface area contributed by atoms with Crippen LogP contribution in [0.3, 0.4) is 0 Å². The largest absolute Gasteiger partial charge is 0.462 e. The van der Waals surface area contributed by atoms with Crippen LogP contribution >= 0.6 is 27.5 Å². The van der Waals surface area contributed by atoms with Crippen molar-refractivity contribution in [2.45, 2.75) is 84.2 Å². The van der Waals surface area contributed by atoms with Crippen molar-refractivity contribution in [3.8, 4) is 12.1 Å². The lowest BCUT2D eigenvalue weighted by atomic mass is 10.0. The highest BCUT2D eigenvalue weighted by Gasteiger charge is 2.36. The molecular formula is C53H61BrClN15O3. The molecule has 2 N–H and O–H groups in total. The minimum Gasteiger partial charge on any atom is -0.462 e. The van der Waals surface area contributed by atoms with Gasteiger partial charge in [-0.15, -0.1) is 0 Å². The number of carbonyl (C=O) groups excluding carboxylic acids is 1. The van der Waals surface area contributed by atoms with Gasteiger partial charge in [-0.2, -0.15) is 34.8 Å². The topological polar surface area (TPSA) is 187 Å². The summed E-state index contributed by atoms with van der Waals surface area (Å²) >= 11 is 10.5. The average molecular weight is 1070 g/mol. The molecule has 0 unspecified atom stereocenters. The van der Waals surface area contributed by atoms with E-state index in [1.54, 1.807) is 34.4 Å². The maximum absolute atomic E-state index is 15.0. The molecule has 18 nitrogen and oxygen atoms in total. The Morgan fingerprint density at radius 1 is 1.04 bits per heavy atom.